The number of aromatic nitrogens is 1. The summed E-state index contributed by atoms with van der Waals surface area (Å²) in [4.78, 5) is 26.7. The summed E-state index contributed by atoms with van der Waals surface area (Å²) in [6.45, 7) is 0.615. The van der Waals surface area contributed by atoms with Crippen LogP contribution in [0, 0.1) is 0 Å². The highest BCUT2D eigenvalue weighted by atomic mass is 19.4. The monoisotopic (exact) mass is 514 g/mol. The zero-order valence-electron chi connectivity index (χ0n) is 20.3. The van der Waals surface area contributed by atoms with Gasteiger partial charge in [-0.25, -0.2) is 0 Å². The summed E-state index contributed by atoms with van der Waals surface area (Å²) >= 11 is 0. The maximum Gasteiger partial charge on any atom is 0.417 e. The molecular weight excluding hydrogens is 485 g/mol. The van der Waals surface area contributed by atoms with Crippen LogP contribution in [0.4, 0.5) is 13.2 Å². The van der Waals surface area contributed by atoms with E-state index in [1.165, 1.54) is 12.1 Å². The van der Waals surface area contributed by atoms with E-state index in [0.717, 1.165) is 43.7 Å². The van der Waals surface area contributed by atoms with Crippen LogP contribution in [0.25, 0.3) is 11.3 Å². The molecular formula is C28H29F3N2O4. The molecule has 9 heteroatoms. The lowest BCUT2D eigenvalue weighted by Crippen LogP contribution is -2.25. The van der Waals surface area contributed by atoms with Gasteiger partial charge < -0.3 is 15.2 Å². The number of carbonyl (C=O) groups excluding carboxylic acids is 1. The van der Waals surface area contributed by atoms with E-state index in [2.05, 4.69) is 10.3 Å². The molecule has 2 aromatic carbocycles. The quantitative estimate of drug-likeness (QED) is 0.267. The minimum Gasteiger partial charge on any atom is -0.494 e. The molecule has 1 heterocycles. The number of halogens is 3. The van der Waals surface area contributed by atoms with Crippen molar-refractivity contribution in [2.45, 2.75) is 44.7 Å². The van der Waals surface area contributed by atoms with E-state index in [4.69, 9.17) is 9.84 Å². The molecule has 37 heavy (non-hydrogen) atoms. The van der Waals surface area contributed by atoms with E-state index >= 15 is 0 Å². The summed E-state index contributed by atoms with van der Waals surface area (Å²) < 4.78 is 45.4. The van der Waals surface area contributed by atoms with Crippen molar-refractivity contribution in [2.24, 2.45) is 0 Å². The summed E-state index contributed by atoms with van der Waals surface area (Å²) in [5.74, 6) is -0.645. The van der Waals surface area contributed by atoms with Gasteiger partial charge in [0.2, 0.25) is 0 Å². The number of carbonyl (C=O) groups is 2. The summed E-state index contributed by atoms with van der Waals surface area (Å²) in [6.07, 6.45) is 1.63. The molecule has 0 fully saturated rings. The Morgan fingerprint density at radius 2 is 1.65 bits per heavy atom. The summed E-state index contributed by atoms with van der Waals surface area (Å²) in [6, 6.07) is 15.6. The molecule has 3 aromatic rings. The molecule has 1 amide bonds. The second kappa shape index (κ2) is 13.4. The number of nitrogens with zero attached hydrogens (tertiary/aromatic N) is 1. The Morgan fingerprint density at radius 3 is 2.32 bits per heavy atom. The van der Waals surface area contributed by atoms with Gasteiger partial charge in [0.1, 0.15) is 5.75 Å². The molecule has 0 aliphatic carbocycles. The van der Waals surface area contributed by atoms with Crippen molar-refractivity contribution >= 4 is 11.9 Å². The van der Waals surface area contributed by atoms with Crippen LogP contribution in [0.1, 0.15) is 53.6 Å². The molecule has 2 N–H and O–H groups in total. The number of carboxylic acid groups (broad SMARTS) is 1. The Kier molecular flexibility index (Phi) is 10.1. The summed E-state index contributed by atoms with van der Waals surface area (Å²) in [5, 5.41) is 11.2. The minimum absolute atomic E-state index is 0.0741. The van der Waals surface area contributed by atoms with Gasteiger partial charge in [-0.05, 0) is 61.2 Å². The van der Waals surface area contributed by atoms with Gasteiger partial charge in [-0.3, -0.25) is 14.6 Å². The smallest absolute Gasteiger partial charge is 0.417 e. The van der Waals surface area contributed by atoms with Gasteiger partial charge in [-0.2, -0.15) is 13.2 Å². The third kappa shape index (κ3) is 8.93. The molecule has 0 aliphatic rings. The van der Waals surface area contributed by atoms with Crippen LogP contribution in [0.3, 0.4) is 0 Å². The minimum atomic E-state index is -4.43. The standard InChI is InChI=1S/C28H29F3N2O4/c29-28(30,31)24-9-5-4-8-23(24)25-15-10-20(19-33-25)7-3-1-2-6-18-37-22-13-11-21(12-14-22)27(36)32-17-16-26(34)35/h4-5,8-15,19H,1-3,6-7,16-18H2,(H,32,36)(H,34,35). The SMILES string of the molecule is O=C(O)CCNC(=O)c1ccc(OCCCCCCc2ccc(-c3ccccc3C(F)(F)F)nc2)cc1. The number of alkyl halides is 3. The second-order valence-electron chi connectivity index (χ2n) is 8.53. The molecule has 0 bridgehead atoms. The zero-order valence-corrected chi connectivity index (χ0v) is 20.3. The predicted octanol–water partition coefficient (Wildman–Crippen LogP) is 6.15. The Hall–Kier alpha value is -3.88. The average Bonchev–Trinajstić information content (AvgIpc) is 2.88. The lowest BCUT2D eigenvalue weighted by molar-refractivity contribution is -0.137. The number of nitrogens with one attached hydrogen (secondary N) is 1. The van der Waals surface area contributed by atoms with Crippen LogP contribution in [0.5, 0.6) is 5.75 Å². The fraction of sp³-hybridized carbons (Fsp3) is 0.321. The van der Waals surface area contributed by atoms with E-state index in [1.54, 1.807) is 42.6 Å². The van der Waals surface area contributed by atoms with Crippen LogP contribution >= 0.6 is 0 Å². The molecule has 196 valence electrons. The first-order valence-electron chi connectivity index (χ1n) is 12.1. The van der Waals surface area contributed by atoms with Crippen molar-refractivity contribution in [3.05, 3.63) is 83.6 Å². The number of aryl methyl sites for hydroxylation is 1. The Balaban J connectivity index is 1.33. The molecule has 0 aliphatic heterocycles. The van der Waals surface area contributed by atoms with E-state index in [0.29, 0.717) is 23.6 Å². The van der Waals surface area contributed by atoms with Gasteiger partial charge in [-0.15, -0.1) is 0 Å². The van der Waals surface area contributed by atoms with Crippen LogP contribution in [0.15, 0.2) is 66.9 Å². The van der Waals surface area contributed by atoms with Crippen LogP contribution < -0.4 is 10.1 Å². The average molecular weight is 515 g/mol. The molecule has 0 saturated heterocycles. The number of carboxylic acids is 1. The molecule has 1 aromatic heterocycles. The van der Waals surface area contributed by atoms with Crippen molar-refractivity contribution in [1.29, 1.82) is 0 Å². The van der Waals surface area contributed by atoms with Gasteiger partial charge in [0.25, 0.3) is 5.91 Å². The molecule has 0 spiro atoms. The van der Waals surface area contributed by atoms with Gasteiger partial charge in [0.15, 0.2) is 0 Å². The lowest BCUT2D eigenvalue weighted by atomic mass is 10.0. The summed E-state index contributed by atoms with van der Waals surface area (Å²) in [7, 11) is 0. The molecule has 3 rings (SSSR count). The molecule has 0 atom stereocenters. The maximum atomic E-state index is 13.2. The molecule has 0 radical (unpaired) electrons. The lowest BCUT2D eigenvalue weighted by Gasteiger charge is -2.12. The second-order valence-corrected chi connectivity index (χ2v) is 8.53. The Labute approximate surface area is 213 Å². The van der Waals surface area contributed by atoms with Crippen molar-refractivity contribution in [1.82, 2.24) is 10.3 Å². The zero-order chi connectivity index (χ0) is 26.7. The number of benzene rings is 2. The Bertz CT molecular complexity index is 1160. The fourth-order valence-corrected chi connectivity index (χ4v) is 3.75. The molecule has 0 saturated carbocycles. The first-order valence-corrected chi connectivity index (χ1v) is 12.1. The van der Waals surface area contributed by atoms with Gasteiger partial charge in [0, 0.05) is 23.9 Å². The summed E-state index contributed by atoms with van der Waals surface area (Å²) in [5.41, 5.74) is 1.11. The van der Waals surface area contributed by atoms with Gasteiger partial charge in [0.05, 0.1) is 24.3 Å². The van der Waals surface area contributed by atoms with Crippen molar-refractivity contribution < 1.29 is 32.6 Å². The first kappa shape index (κ1) is 27.7. The fourth-order valence-electron chi connectivity index (χ4n) is 3.75. The third-order valence-electron chi connectivity index (χ3n) is 5.70. The highest BCUT2D eigenvalue weighted by molar-refractivity contribution is 5.94. The largest absolute Gasteiger partial charge is 0.494 e. The molecule has 6 nitrogen and oxygen atoms in total. The highest BCUT2D eigenvalue weighted by Crippen LogP contribution is 2.36. The molecule has 0 unspecified atom stereocenters. The number of pyridine rings is 1. The number of ether oxygens (including phenoxy) is 1. The predicted molar refractivity (Wildman–Crippen MR) is 133 cm³/mol. The van der Waals surface area contributed by atoms with E-state index in [9.17, 15) is 22.8 Å². The van der Waals surface area contributed by atoms with Gasteiger partial charge >= 0.3 is 12.1 Å². The maximum absolute atomic E-state index is 13.2. The number of rotatable bonds is 13. The van der Waals surface area contributed by atoms with E-state index < -0.39 is 17.7 Å². The number of unbranched alkanes of at least 4 members (excludes halogenated alkanes) is 3. The van der Waals surface area contributed by atoms with Gasteiger partial charge in [-0.1, -0.05) is 37.1 Å². The van der Waals surface area contributed by atoms with Crippen LogP contribution in [-0.2, 0) is 17.4 Å². The highest BCUT2D eigenvalue weighted by Gasteiger charge is 2.33. The van der Waals surface area contributed by atoms with Crippen molar-refractivity contribution in [2.75, 3.05) is 13.2 Å². The van der Waals surface area contributed by atoms with Crippen molar-refractivity contribution in [3.8, 4) is 17.0 Å². The van der Waals surface area contributed by atoms with E-state index in [1.807, 2.05) is 6.07 Å². The van der Waals surface area contributed by atoms with Crippen molar-refractivity contribution in [3.63, 3.8) is 0 Å². The number of hydrogen-bond donors (Lipinski definition) is 2. The topological polar surface area (TPSA) is 88.5 Å². The first-order chi connectivity index (χ1) is 17.7. The van der Waals surface area contributed by atoms with Crippen LogP contribution in [0.2, 0.25) is 0 Å². The third-order valence-corrected chi connectivity index (χ3v) is 5.70. The van der Waals surface area contributed by atoms with E-state index in [-0.39, 0.29) is 24.4 Å². The Morgan fingerprint density at radius 1 is 0.919 bits per heavy atom. The number of amides is 1. The normalized spacial score (nSPS) is 11.2. The number of aliphatic carboxylic acids is 1. The van der Waals surface area contributed by atoms with Crippen LogP contribution in [-0.4, -0.2) is 35.1 Å². The number of hydrogen-bond acceptors (Lipinski definition) is 4.